The molecule has 9 heteroatoms. The van der Waals surface area contributed by atoms with Crippen LogP contribution in [0, 0.1) is 6.92 Å². The highest BCUT2D eigenvalue weighted by molar-refractivity contribution is 6.31. The van der Waals surface area contributed by atoms with Crippen LogP contribution < -0.4 is 10.2 Å². The molecule has 1 heterocycles. The predicted octanol–water partition coefficient (Wildman–Crippen LogP) is 2.54. The fourth-order valence-electron chi connectivity index (χ4n) is 2.25. The summed E-state index contributed by atoms with van der Waals surface area (Å²) in [6.07, 6.45) is 1.50. The van der Waals surface area contributed by atoms with E-state index in [2.05, 4.69) is 26.1 Å². The molecule has 3 rings (SSSR count). The molecule has 0 saturated carbocycles. The molecule has 138 valence electrons. The van der Waals surface area contributed by atoms with E-state index in [0.29, 0.717) is 16.5 Å². The van der Waals surface area contributed by atoms with Crippen LogP contribution in [0.2, 0.25) is 5.02 Å². The summed E-state index contributed by atoms with van der Waals surface area (Å²) in [5, 5.41) is 15.8. The van der Waals surface area contributed by atoms with Crippen molar-refractivity contribution in [1.82, 2.24) is 25.6 Å². The molecule has 1 N–H and O–H groups in total. The lowest BCUT2D eigenvalue weighted by Gasteiger charge is -2.08. The highest BCUT2D eigenvalue weighted by Gasteiger charge is 2.06. The number of aryl methyl sites for hydroxylation is 1. The Morgan fingerprint density at radius 3 is 2.89 bits per heavy atom. The van der Waals surface area contributed by atoms with E-state index < -0.39 is 0 Å². The average molecular weight is 385 g/mol. The number of nitrogens with one attached hydrogen (secondary N) is 1. The molecule has 2 aromatic carbocycles. The molecule has 1 aromatic heterocycles. The van der Waals surface area contributed by atoms with Gasteiger partial charge in [0.15, 0.2) is 6.61 Å². The number of nitrogens with zero attached hydrogens (tertiary/aromatic N) is 5. The van der Waals surface area contributed by atoms with Crippen molar-refractivity contribution in [3.05, 3.63) is 64.9 Å². The summed E-state index contributed by atoms with van der Waals surface area (Å²) in [5.41, 5.74) is 5.62. The van der Waals surface area contributed by atoms with E-state index in [-0.39, 0.29) is 12.5 Å². The zero-order chi connectivity index (χ0) is 19.2. The van der Waals surface area contributed by atoms with Crippen LogP contribution in [0.25, 0.3) is 5.69 Å². The number of rotatable bonds is 6. The van der Waals surface area contributed by atoms with Crippen molar-refractivity contribution < 1.29 is 9.53 Å². The second-order valence-corrected chi connectivity index (χ2v) is 6.14. The molecule has 0 aliphatic carbocycles. The van der Waals surface area contributed by atoms with E-state index >= 15 is 0 Å². The quantitative estimate of drug-likeness (QED) is 0.520. The lowest BCUT2D eigenvalue weighted by atomic mass is 10.1. The molecular formula is C18H17ClN6O2. The van der Waals surface area contributed by atoms with E-state index in [1.165, 1.54) is 11.0 Å². The van der Waals surface area contributed by atoms with Gasteiger partial charge in [-0.25, -0.2) is 10.1 Å². The number of hydrazone groups is 1. The summed E-state index contributed by atoms with van der Waals surface area (Å²) < 4.78 is 6.98. The van der Waals surface area contributed by atoms with Gasteiger partial charge in [0.25, 0.3) is 5.91 Å². The van der Waals surface area contributed by atoms with Gasteiger partial charge in [-0.05, 0) is 65.7 Å². The lowest BCUT2D eigenvalue weighted by molar-refractivity contribution is -0.123. The lowest BCUT2D eigenvalue weighted by Crippen LogP contribution is -2.25. The topological polar surface area (TPSA) is 94.3 Å². The van der Waals surface area contributed by atoms with E-state index in [0.717, 1.165) is 16.8 Å². The molecule has 0 unspecified atom stereocenters. The first-order chi connectivity index (χ1) is 13.0. The smallest absolute Gasteiger partial charge is 0.277 e. The third-order valence-corrected chi connectivity index (χ3v) is 4.15. The summed E-state index contributed by atoms with van der Waals surface area (Å²) >= 11 is 5.96. The maximum absolute atomic E-state index is 12.0. The molecule has 0 atom stereocenters. The number of tetrazole rings is 1. The van der Waals surface area contributed by atoms with Gasteiger partial charge < -0.3 is 4.74 Å². The Morgan fingerprint density at radius 2 is 2.15 bits per heavy atom. The summed E-state index contributed by atoms with van der Waals surface area (Å²) in [7, 11) is 0. The first kappa shape index (κ1) is 18.5. The first-order valence-corrected chi connectivity index (χ1v) is 8.46. The Hall–Kier alpha value is -3.26. The normalized spacial score (nSPS) is 11.3. The van der Waals surface area contributed by atoms with Gasteiger partial charge in [-0.3, -0.25) is 4.79 Å². The average Bonchev–Trinajstić information content (AvgIpc) is 3.22. The maximum atomic E-state index is 12.0. The molecule has 0 aliphatic heterocycles. The maximum Gasteiger partial charge on any atom is 0.277 e. The number of amides is 1. The largest absolute Gasteiger partial charge is 0.484 e. The van der Waals surface area contributed by atoms with Crippen molar-refractivity contribution in [3.8, 4) is 11.4 Å². The molecular weight excluding hydrogens is 368 g/mol. The van der Waals surface area contributed by atoms with E-state index in [1.807, 2.05) is 31.2 Å². The fraction of sp³-hybridized carbons (Fsp3) is 0.167. The number of carbonyl (C=O) groups excluding carboxylic acids is 1. The Labute approximate surface area is 160 Å². The van der Waals surface area contributed by atoms with Crippen LogP contribution in [0.1, 0.15) is 18.1 Å². The standard InChI is InChI=1S/C18H17ClN6O2/c1-12-8-16(6-7-17(12)19)27-10-18(26)22-21-13(2)14-4-3-5-15(9-14)25-11-20-23-24-25/h3-9,11H,10H2,1-2H3,(H,22,26)/b21-13-. The van der Waals surface area contributed by atoms with Gasteiger partial charge in [-0.2, -0.15) is 5.10 Å². The molecule has 3 aromatic rings. The van der Waals surface area contributed by atoms with Gasteiger partial charge in [0.1, 0.15) is 12.1 Å². The summed E-state index contributed by atoms with van der Waals surface area (Å²) in [4.78, 5) is 12.0. The highest BCUT2D eigenvalue weighted by Crippen LogP contribution is 2.20. The van der Waals surface area contributed by atoms with E-state index in [1.54, 1.807) is 25.1 Å². The molecule has 1 amide bonds. The van der Waals surface area contributed by atoms with Gasteiger partial charge in [-0.15, -0.1) is 5.10 Å². The van der Waals surface area contributed by atoms with Crippen molar-refractivity contribution in [2.45, 2.75) is 13.8 Å². The number of benzene rings is 2. The highest BCUT2D eigenvalue weighted by atomic mass is 35.5. The zero-order valence-electron chi connectivity index (χ0n) is 14.8. The number of aromatic nitrogens is 4. The molecule has 0 saturated heterocycles. The minimum Gasteiger partial charge on any atom is -0.484 e. The Bertz CT molecular complexity index is 972. The van der Waals surface area contributed by atoms with Crippen LogP contribution in [0.3, 0.4) is 0 Å². The monoisotopic (exact) mass is 384 g/mol. The van der Waals surface area contributed by atoms with Gasteiger partial charge in [0, 0.05) is 5.02 Å². The number of ether oxygens (including phenoxy) is 1. The van der Waals surface area contributed by atoms with Crippen LogP contribution in [0.5, 0.6) is 5.75 Å². The number of carbonyl (C=O) groups is 1. The van der Waals surface area contributed by atoms with Gasteiger partial charge in [0.2, 0.25) is 0 Å². The molecule has 27 heavy (non-hydrogen) atoms. The molecule has 0 spiro atoms. The summed E-state index contributed by atoms with van der Waals surface area (Å²) in [5.74, 6) is 0.209. The van der Waals surface area contributed by atoms with Gasteiger partial charge >= 0.3 is 0 Å². The molecule has 0 fully saturated rings. The van der Waals surface area contributed by atoms with E-state index in [9.17, 15) is 4.79 Å². The SMILES string of the molecule is C/C(=N/NC(=O)COc1ccc(Cl)c(C)c1)c1cccc(-n2cnnn2)c1. The van der Waals surface area contributed by atoms with Crippen molar-refractivity contribution in [2.75, 3.05) is 6.61 Å². The minimum atomic E-state index is -0.362. The third-order valence-electron chi connectivity index (χ3n) is 3.73. The van der Waals surface area contributed by atoms with Crippen molar-refractivity contribution in [1.29, 1.82) is 0 Å². The third kappa shape index (κ3) is 4.89. The second kappa shape index (κ2) is 8.41. The fourth-order valence-corrected chi connectivity index (χ4v) is 2.37. The Morgan fingerprint density at radius 1 is 1.30 bits per heavy atom. The van der Waals surface area contributed by atoms with Gasteiger partial charge in [-0.1, -0.05) is 23.7 Å². The van der Waals surface area contributed by atoms with Crippen molar-refractivity contribution in [3.63, 3.8) is 0 Å². The van der Waals surface area contributed by atoms with E-state index in [4.69, 9.17) is 16.3 Å². The van der Waals surface area contributed by atoms with Crippen molar-refractivity contribution in [2.24, 2.45) is 5.10 Å². The van der Waals surface area contributed by atoms with Crippen molar-refractivity contribution >= 4 is 23.2 Å². The van der Waals surface area contributed by atoms with Crippen LogP contribution >= 0.6 is 11.6 Å². The van der Waals surface area contributed by atoms with Gasteiger partial charge in [0.05, 0.1) is 11.4 Å². The first-order valence-electron chi connectivity index (χ1n) is 8.09. The number of halogens is 1. The minimum absolute atomic E-state index is 0.150. The second-order valence-electron chi connectivity index (χ2n) is 5.74. The molecule has 0 bridgehead atoms. The van der Waals surface area contributed by atoms with Crippen LogP contribution in [0.4, 0.5) is 0 Å². The van der Waals surface area contributed by atoms with Crippen LogP contribution in [-0.2, 0) is 4.79 Å². The van der Waals surface area contributed by atoms with Crippen LogP contribution in [0.15, 0.2) is 53.9 Å². The number of hydrogen-bond acceptors (Lipinski definition) is 6. The predicted molar refractivity (Wildman–Crippen MR) is 101 cm³/mol. The molecule has 0 radical (unpaired) electrons. The molecule has 0 aliphatic rings. The van der Waals surface area contributed by atoms with Crippen LogP contribution in [-0.4, -0.2) is 38.4 Å². The zero-order valence-corrected chi connectivity index (χ0v) is 15.5. The number of hydrogen-bond donors (Lipinski definition) is 1. The Kier molecular flexibility index (Phi) is 5.77. The molecule has 8 nitrogen and oxygen atoms in total. The Balaban J connectivity index is 1.59. The summed E-state index contributed by atoms with van der Waals surface area (Å²) in [6, 6.07) is 12.7. The summed E-state index contributed by atoms with van der Waals surface area (Å²) in [6.45, 7) is 3.51.